The van der Waals surface area contributed by atoms with Gasteiger partial charge in [-0.25, -0.2) is 8.78 Å². The van der Waals surface area contributed by atoms with E-state index in [2.05, 4.69) is 4.98 Å². The molecule has 3 aromatic carbocycles. The van der Waals surface area contributed by atoms with E-state index in [0.717, 1.165) is 36.0 Å². The van der Waals surface area contributed by atoms with Crippen molar-refractivity contribution >= 4 is 38.7 Å². The topological polar surface area (TPSA) is 49.9 Å². The number of aromatic nitrogens is 1. The number of H-pyrrole nitrogens is 1. The summed E-state index contributed by atoms with van der Waals surface area (Å²) in [6.45, 7) is 0. The lowest BCUT2D eigenvalue weighted by Crippen LogP contribution is -2.20. The fourth-order valence-corrected chi connectivity index (χ4v) is 5.00. The van der Waals surface area contributed by atoms with Crippen LogP contribution in [0, 0.1) is 11.6 Å². The Morgan fingerprint density at radius 3 is 2.03 bits per heavy atom. The Kier molecular flexibility index (Phi) is 5.60. The van der Waals surface area contributed by atoms with Crippen molar-refractivity contribution in [1.29, 1.82) is 0 Å². The molecule has 1 N–H and O–H groups in total. The Hall–Kier alpha value is -3.25. The molecule has 4 rings (SSSR count). The quantitative estimate of drug-likeness (QED) is 0.155. The van der Waals surface area contributed by atoms with Gasteiger partial charge < -0.3 is 4.98 Å². The molecular formula is C23H14F7NO2S2. The molecule has 0 saturated carbocycles. The summed E-state index contributed by atoms with van der Waals surface area (Å²) in [5, 5.41) is -0.813. The average molecular weight is 533 g/mol. The van der Waals surface area contributed by atoms with Crippen molar-refractivity contribution < 1.29 is 33.0 Å². The number of hydrogen-bond donors (Lipinski definition) is 1. The molecule has 4 aromatic rings. The van der Waals surface area contributed by atoms with Crippen LogP contribution in [0.25, 0.3) is 10.9 Å². The molecule has 0 aliphatic heterocycles. The zero-order valence-electron chi connectivity index (χ0n) is 17.3. The maximum Gasteiger partial charge on any atom is 0.310 e. The van der Waals surface area contributed by atoms with Gasteiger partial charge in [-0.15, -0.1) is 11.8 Å². The molecule has 0 bridgehead atoms. The van der Waals surface area contributed by atoms with Gasteiger partial charge in [-0.1, -0.05) is 61.9 Å². The molecule has 3 nitrogen and oxygen atoms in total. The zero-order valence-corrected chi connectivity index (χ0v) is 19.0. The monoisotopic (exact) mass is 533 g/mol. The van der Waals surface area contributed by atoms with Crippen LogP contribution < -0.4 is 5.43 Å². The van der Waals surface area contributed by atoms with Gasteiger partial charge >= 0.3 is 10.2 Å². The number of ketones is 1. The van der Waals surface area contributed by atoms with Crippen molar-refractivity contribution in [1.82, 2.24) is 4.98 Å². The summed E-state index contributed by atoms with van der Waals surface area (Å²) in [7, 11) is -9.84. The maximum atomic E-state index is 14.4. The third-order valence-electron chi connectivity index (χ3n) is 5.04. The van der Waals surface area contributed by atoms with Crippen molar-refractivity contribution in [3.63, 3.8) is 0 Å². The number of aromatic amines is 1. The molecule has 0 radical (unpaired) electrons. The first-order valence-corrected chi connectivity index (χ1v) is 12.7. The molecule has 0 saturated heterocycles. The van der Waals surface area contributed by atoms with Crippen molar-refractivity contribution in [3.05, 3.63) is 105 Å². The second-order valence-corrected chi connectivity index (χ2v) is 10.9. The third kappa shape index (κ3) is 5.08. The Morgan fingerprint density at radius 2 is 1.43 bits per heavy atom. The normalized spacial score (nSPS) is 13.9. The summed E-state index contributed by atoms with van der Waals surface area (Å²) in [6, 6.07) is 11.2. The van der Waals surface area contributed by atoms with Crippen LogP contribution in [0.3, 0.4) is 0 Å². The fraction of sp³-hybridized carbons (Fsp3) is 0.0435. The summed E-state index contributed by atoms with van der Waals surface area (Å²) < 4.78 is 93.5. The van der Waals surface area contributed by atoms with E-state index in [1.807, 2.05) is 0 Å². The lowest BCUT2D eigenvalue weighted by Gasteiger charge is -2.40. The van der Waals surface area contributed by atoms with Crippen molar-refractivity contribution in [2.45, 2.75) is 15.7 Å². The van der Waals surface area contributed by atoms with E-state index in [1.165, 1.54) is 24.3 Å². The molecular weight excluding hydrogens is 519 g/mol. The van der Waals surface area contributed by atoms with E-state index >= 15 is 0 Å². The molecule has 0 unspecified atom stereocenters. The minimum absolute atomic E-state index is 0.0937. The van der Waals surface area contributed by atoms with Crippen LogP contribution in [0.1, 0.15) is 21.5 Å². The molecule has 1 heterocycles. The minimum Gasteiger partial charge on any atom is -0.346 e. The highest BCUT2D eigenvalue weighted by Crippen LogP contribution is 3.02. The summed E-state index contributed by atoms with van der Waals surface area (Å²) in [4.78, 5) is 26.7. The second kappa shape index (κ2) is 7.89. The van der Waals surface area contributed by atoms with E-state index in [4.69, 9.17) is 0 Å². The minimum atomic E-state index is -9.84. The van der Waals surface area contributed by atoms with Gasteiger partial charge in [0, 0.05) is 11.3 Å². The lowest BCUT2D eigenvalue weighted by atomic mass is 10.0. The number of halogens is 7. The van der Waals surface area contributed by atoms with Gasteiger partial charge in [0.1, 0.15) is 22.1 Å². The smallest absolute Gasteiger partial charge is 0.310 e. The number of carbonyl (C=O) groups excluding carboxylic acids is 1. The number of nitrogens with one attached hydrogen (secondary N) is 1. The highest BCUT2D eigenvalue weighted by Gasteiger charge is 2.65. The van der Waals surface area contributed by atoms with E-state index in [9.17, 15) is 37.8 Å². The number of carbonyl (C=O) groups is 1. The SMILES string of the molecule is O=C(c1ccccc1)c1c(SCc2ccc(S(F)(F)(F)(F)F)cc2)[nH]c2c(F)ccc(F)c2c1=O. The van der Waals surface area contributed by atoms with Gasteiger partial charge in [-0.3, -0.25) is 9.59 Å². The highest BCUT2D eigenvalue weighted by molar-refractivity contribution is 8.45. The van der Waals surface area contributed by atoms with Gasteiger partial charge in [0.2, 0.25) is 5.43 Å². The molecule has 0 aliphatic carbocycles. The molecule has 0 atom stereocenters. The number of fused-ring (bicyclic) bond motifs is 1. The van der Waals surface area contributed by atoms with Crippen LogP contribution in [0.5, 0.6) is 0 Å². The molecule has 0 spiro atoms. The Morgan fingerprint density at radius 1 is 0.829 bits per heavy atom. The number of pyridine rings is 1. The highest BCUT2D eigenvalue weighted by atomic mass is 32.5. The van der Waals surface area contributed by atoms with E-state index < -0.39 is 54.4 Å². The second-order valence-electron chi connectivity index (χ2n) is 7.53. The Bertz CT molecular complexity index is 1520. The summed E-state index contributed by atoms with van der Waals surface area (Å²) >= 11 is 0.754. The maximum absolute atomic E-state index is 14.4. The number of thioether (sulfide) groups is 1. The first kappa shape index (κ1) is 24.9. The predicted octanol–water partition coefficient (Wildman–Crippen LogP) is 7.99. The van der Waals surface area contributed by atoms with Crippen LogP contribution in [-0.2, 0) is 5.75 Å². The largest absolute Gasteiger partial charge is 0.346 e. The third-order valence-corrected chi connectivity index (χ3v) is 7.27. The van der Waals surface area contributed by atoms with Gasteiger partial charge in [0.25, 0.3) is 0 Å². The molecule has 12 heteroatoms. The van der Waals surface area contributed by atoms with Crippen molar-refractivity contribution in [2.24, 2.45) is 0 Å². The first-order chi connectivity index (χ1) is 16.2. The number of benzene rings is 3. The van der Waals surface area contributed by atoms with Gasteiger partial charge in [-0.2, -0.15) is 0 Å². The fourth-order valence-electron chi connectivity index (χ4n) is 3.35. The Labute approximate surface area is 197 Å². The summed E-state index contributed by atoms with van der Waals surface area (Å²) in [5.41, 5.74) is -1.79. The first-order valence-electron chi connectivity index (χ1n) is 9.75. The molecule has 0 amide bonds. The molecule has 0 aliphatic rings. The van der Waals surface area contributed by atoms with E-state index in [0.29, 0.717) is 0 Å². The van der Waals surface area contributed by atoms with Gasteiger partial charge in [0.05, 0.1) is 15.9 Å². The summed E-state index contributed by atoms with van der Waals surface area (Å²) in [6.07, 6.45) is 0. The molecule has 184 valence electrons. The lowest BCUT2D eigenvalue weighted by molar-refractivity contribution is 0.103. The predicted molar refractivity (Wildman–Crippen MR) is 122 cm³/mol. The number of hydrogen-bond acceptors (Lipinski definition) is 3. The molecule has 0 fully saturated rings. The zero-order chi connectivity index (χ0) is 25.7. The Balaban J connectivity index is 1.79. The average Bonchev–Trinajstić information content (AvgIpc) is 2.79. The van der Waals surface area contributed by atoms with Crippen molar-refractivity contribution in [2.75, 3.05) is 0 Å². The standard InChI is InChI=1S/C23H14F7NO2S2/c24-16-10-11-17(25)20-18(16)22(33)19(21(32)14-4-2-1-3-5-14)23(31-20)34-12-13-6-8-15(9-7-13)35(26,27,28,29)30/h1-11H,12H2,(H,31,33). The summed E-state index contributed by atoms with van der Waals surface area (Å²) in [5.74, 6) is -2.96. The van der Waals surface area contributed by atoms with E-state index in [-0.39, 0.29) is 34.0 Å². The van der Waals surface area contributed by atoms with Crippen LogP contribution in [0.2, 0.25) is 0 Å². The molecule has 1 aromatic heterocycles. The van der Waals surface area contributed by atoms with Crippen LogP contribution >= 0.6 is 22.0 Å². The molecule has 35 heavy (non-hydrogen) atoms. The van der Waals surface area contributed by atoms with Gasteiger partial charge in [0.15, 0.2) is 5.78 Å². The number of rotatable bonds is 6. The van der Waals surface area contributed by atoms with Crippen LogP contribution in [0.4, 0.5) is 28.2 Å². The van der Waals surface area contributed by atoms with Crippen LogP contribution in [-0.4, -0.2) is 10.8 Å². The van der Waals surface area contributed by atoms with Crippen molar-refractivity contribution in [3.8, 4) is 0 Å². The van der Waals surface area contributed by atoms with Gasteiger partial charge in [-0.05, 0) is 29.8 Å². The van der Waals surface area contributed by atoms with E-state index in [1.54, 1.807) is 6.07 Å². The van der Waals surface area contributed by atoms with Crippen LogP contribution in [0.15, 0.2) is 81.4 Å².